The molecular weight excluding hydrogens is 470 g/mol. The van der Waals surface area contributed by atoms with E-state index in [1.54, 1.807) is 19.9 Å². The maximum Gasteiger partial charge on any atom is 0.350 e. The number of rotatable bonds is 7. The van der Waals surface area contributed by atoms with Crippen LogP contribution < -0.4 is 4.74 Å². The van der Waals surface area contributed by atoms with Crippen LogP contribution in [-0.2, 0) is 4.74 Å². The molecule has 0 N–H and O–H groups in total. The first kappa shape index (κ1) is 24.1. The van der Waals surface area contributed by atoms with Crippen LogP contribution in [-0.4, -0.2) is 33.0 Å². The second kappa shape index (κ2) is 9.66. The van der Waals surface area contributed by atoms with E-state index >= 15 is 0 Å². The Morgan fingerprint density at radius 1 is 0.917 bits per heavy atom. The molecule has 4 rings (SSSR count). The molecule has 36 heavy (non-hydrogen) atoms. The number of benzene rings is 3. The highest BCUT2D eigenvalue weighted by Gasteiger charge is 2.27. The third kappa shape index (κ3) is 4.37. The van der Waals surface area contributed by atoms with E-state index in [-0.39, 0.29) is 17.9 Å². The van der Waals surface area contributed by atoms with Crippen molar-refractivity contribution in [3.05, 3.63) is 104 Å². The smallest absolute Gasteiger partial charge is 0.350 e. The van der Waals surface area contributed by atoms with Gasteiger partial charge in [0, 0.05) is 22.8 Å². The van der Waals surface area contributed by atoms with Crippen molar-refractivity contribution in [1.82, 2.24) is 4.57 Å². The molecule has 0 aliphatic heterocycles. The lowest BCUT2D eigenvalue weighted by Gasteiger charge is -2.09. The number of hydrogen-bond donors (Lipinski definition) is 0. The first-order chi connectivity index (χ1) is 17.2. The van der Waals surface area contributed by atoms with Gasteiger partial charge in [0.2, 0.25) is 0 Å². The number of carbonyl (C=O) groups excluding carboxylic acids is 2. The molecule has 4 aromatic rings. The van der Waals surface area contributed by atoms with Gasteiger partial charge in [-0.1, -0.05) is 18.2 Å². The van der Waals surface area contributed by atoms with Gasteiger partial charge < -0.3 is 14.0 Å². The van der Waals surface area contributed by atoms with E-state index in [0.717, 1.165) is 17.8 Å². The van der Waals surface area contributed by atoms with Crippen molar-refractivity contribution in [2.45, 2.75) is 13.8 Å². The minimum Gasteiger partial charge on any atom is -0.462 e. The summed E-state index contributed by atoms with van der Waals surface area (Å²) >= 11 is 0. The number of hydrogen-bond acceptors (Lipinski definition) is 8. The quantitative estimate of drug-likeness (QED) is 0.150. The molecule has 0 unspecified atom stereocenters. The normalized spacial score (nSPS) is 10.7. The molecule has 11 heteroatoms. The van der Waals surface area contributed by atoms with Crippen molar-refractivity contribution in [3.8, 4) is 11.4 Å². The number of nitrogens with zero attached hydrogens (tertiary/aromatic N) is 3. The summed E-state index contributed by atoms with van der Waals surface area (Å²) in [6.07, 6.45) is 0. The molecule has 11 nitrogen and oxygen atoms in total. The lowest BCUT2D eigenvalue weighted by atomic mass is 10.1. The Bertz CT molecular complexity index is 1530. The Morgan fingerprint density at radius 3 is 2.28 bits per heavy atom. The number of aromatic nitrogens is 1. The lowest BCUT2D eigenvalue weighted by Crippen LogP contribution is -2.11. The van der Waals surface area contributed by atoms with Crippen molar-refractivity contribution < 1.29 is 28.9 Å². The summed E-state index contributed by atoms with van der Waals surface area (Å²) in [6, 6.07) is 16.6. The van der Waals surface area contributed by atoms with E-state index in [4.69, 9.17) is 9.47 Å². The largest absolute Gasteiger partial charge is 0.462 e. The number of fused-ring (bicyclic) bond motifs is 1. The monoisotopic (exact) mass is 489 g/mol. The van der Waals surface area contributed by atoms with Gasteiger partial charge in [-0.15, -0.1) is 0 Å². The average molecular weight is 489 g/mol. The third-order valence-corrected chi connectivity index (χ3v) is 5.49. The second-order valence-electron chi connectivity index (χ2n) is 7.64. The summed E-state index contributed by atoms with van der Waals surface area (Å²) in [7, 11) is 0. The Morgan fingerprint density at radius 2 is 1.64 bits per heavy atom. The highest BCUT2D eigenvalue weighted by molar-refractivity contribution is 6.07. The minimum absolute atomic E-state index is 0.0240. The molecule has 0 amide bonds. The van der Waals surface area contributed by atoms with Crippen LogP contribution >= 0.6 is 0 Å². The van der Waals surface area contributed by atoms with Crippen molar-refractivity contribution in [3.63, 3.8) is 0 Å². The number of nitro benzene ring substituents is 2. The molecular formula is C25H19N3O8. The van der Waals surface area contributed by atoms with Crippen LogP contribution in [0.15, 0.2) is 66.7 Å². The van der Waals surface area contributed by atoms with Gasteiger partial charge in [-0.05, 0) is 50.2 Å². The van der Waals surface area contributed by atoms with Crippen LogP contribution in [0.1, 0.15) is 33.3 Å². The molecule has 0 spiro atoms. The first-order valence-corrected chi connectivity index (χ1v) is 10.8. The van der Waals surface area contributed by atoms with Gasteiger partial charge in [0.15, 0.2) is 0 Å². The number of esters is 2. The fourth-order valence-corrected chi connectivity index (χ4v) is 3.95. The Kier molecular flexibility index (Phi) is 6.46. The van der Waals surface area contributed by atoms with Crippen molar-refractivity contribution in [2.75, 3.05) is 6.61 Å². The number of para-hydroxylation sites is 1. The van der Waals surface area contributed by atoms with E-state index in [9.17, 15) is 29.8 Å². The molecule has 1 aromatic heterocycles. The van der Waals surface area contributed by atoms with Gasteiger partial charge in [-0.2, -0.15) is 0 Å². The zero-order chi connectivity index (χ0) is 26.0. The zero-order valence-corrected chi connectivity index (χ0v) is 19.2. The average Bonchev–Trinajstić information content (AvgIpc) is 3.15. The van der Waals surface area contributed by atoms with Gasteiger partial charge in [-0.25, -0.2) is 9.59 Å². The number of carbonyl (C=O) groups is 2. The molecule has 0 aliphatic rings. The SMILES string of the molecule is CCOC(=O)c1c(C)n(-c2ccccc2)c2ccc(OC(=O)c3ccc([N+](=O)[O-])cc3[N+](=O)[O-])cc12. The zero-order valence-electron chi connectivity index (χ0n) is 19.2. The maximum absolute atomic E-state index is 12.8. The molecule has 0 aliphatic carbocycles. The molecule has 0 saturated carbocycles. The summed E-state index contributed by atoms with van der Waals surface area (Å²) in [4.78, 5) is 46.3. The highest BCUT2D eigenvalue weighted by Crippen LogP contribution is 2.33. The highest BCUT2D eigenvalue weighted by atomic mass is 16.6. The van der Waals surface area contributed by atoms with E-state index < -0.39 is 38.7 Å². The number of ether oxygens (including phenoxy) is 2. The second-order valence-corrected chi connectivity index (χ2v) is 7.64. The summed E-state index contributed by atoms with van der Waals surface area (Å²) < 4.78 is 12.5. The van der Waals surface area contributed by atoms with Gasteiger partial charge >= 0.3 is 11.9 Å². The third-order valence-electron chi connectivity index (χ3n) is 5.49. The predicted molar refractivity (Wildman–Crippen MR) is 129 cm³/mol. The molecule has 182 valence electrons. The molecule has 0 saturated heterocycles. The van der Waals surface area contributed by atoms with Gasteiger partial charge in [0.1, 0.15) is 11.3 Å². The van der Waals surface area contributed by atoms with Crippen molar-refractivity contribution >= 4 is 34.2 Å². The fraction of sp³-hybridized carbons (Fsp3) is 0.120. The number of nitro groups is 2. The lowest BCUT2D eigenvalue weighted by molar-refractivity contribution is -0.394. The van der Waals surface area contributed by atoms with E-state index in [0.29, 0.717) is 22.7 Å². The van der Waals surface area contributed by atoms with Crippen molar-refractivity contribution in [1.29, 1.82) is 0 Å². The summed E-state index contributed by atoms with van der Waals surface area (Å²) in [6.45, 7) is 3.62. The fourth-order valence-electron chi connectivity index (χ4n) is 3.95. The number of non-ortho nitro benzene ring substituents is 1. The first-order valence-electron chi connectivity index (χ1n) is 10.8. The topological polar surface area (TPSA) is 144 Å². The van der Waals surface area contributed by atoms with Crippen LogP contribution in [0.5, 0.6) is 5.75 Å². The Labute approximate surface area is 203 Å². The van der Waals surface area contributed by atoms with E-state index in [1.807, 2.05) is 34.9 Å². The van der Waals surface area contributed by atoms with Crippen LogP contribution in [0, 0.1) is 27.2 Å². The standard InChI is InChI=1S/C25H19N3O8/c1-3-35-25(30)23-15(2)26(16-7-5-4-6-8-16)21-12-10-18(14-20(21)23)36-24(29)19-11-9-17(27(31)32)13-22(19)28(33)34/h4-14H,3H2,1-2H3. The van der Waals surface area contributed by atoms with Crippen LogP contribution in [0.3, 0.4) is 0 Å². The van der Waals surface area contributed by atoms with Crippen LogP contribution in [0.25, 0.3) is 16.6 Å². The Balaban J connectivity index is 1.80. The van der Waals surface area contributed by atoms with Gasteiger partial charge in [-0.3, -0.25) is 20.2 Å². The van der Waals surface area contributed by atoms with Crippen LogP contribution in [0.4, 0.5) is 11.4 Å². The van der Waals surface area contributed by atoms with Crippen molar-refractivity contribution in [2.24, 2.45) is 0 Å². The van der Waals surface area contributed by atoms with Gasteiger partial charge in [0.05, 0.1) is 33.6 Å². The Hall–Kier alpha value is -5.06. The summed E-state index contributed by atoms with van der Waals surface area (Å²) in [5, 5.41) is 22.8. The maximum atomic E-state index is 12.8. The summed E-state index contributed by atoms with van der Waals surface area (Å²) in [5.41, 5.74) is 0.628. The molecule has 0 radical (unpaired) electrons. The van der Waals surface area contributed by atoms with E-state index in [2.05, 4.69) is 0 Å². The molecule has 0 bridgehead atoms. The molecule has 3 aromatic carbocycles. The molecule has 0 atom stereocenters. The summed E-state index contributed by atoms with van der Waals surface area (Å²) in [5.74, 6) is -1.60. The van der Waals surface area contributed by atoms with E-state index in [1.165, 1.54) is 12.1 Å². The molecule has 1 heterocycles. The minimum atomic E-state index is -1.08. The van der Waals surface area contributed by atoms with Gasteiger partial charge in [0.25, 0.3) is 11.4 Å². The predicted octanol–water partition coefficient (Wildman–Crippen LogP) is 5.15. The van der Waals surface area contributed by atoms with Crippen LogP contribution in [0.2, 0.25) is 0 Å². The molecule has 0 fully saturated rings.